The minimum Gasteiger partial charge on any atom is -0.370 e. The number of aromatic nitrogens is 2. The molecule has 0 unspecified atom stereocenters. The lowest BCUT2D eigenvalue weighted by atomic mass is 10.1. The van der Waals surface area contributed by atoms with E-state index in [4.69, 9.17) is 5.73 Å². The molecule has 0 radical (unpaired) electrons. The SMILES string of the molecule is Cc1cc(C)cc(NC(N)=NCc2nnc(C3CC3)s2)c1. The summed E-state index contributed by atoms with van der Waals surface area (Å²) < 4.78 is 0. The first-order valence-electron chi connectivity index (χ1n) is 7.07. The molecule has 1 aromatic carbocycles. The predicted molar refractivity (Wildman–Crippen MR) is 86.7 cm³/mol. The zero-order valence-electron chi connectivity index (χ0n) is 12.3. The van der Waals surface area contributed by atoms with Crippen molar-refractivity contribution in [1.82, 2.24) is 10.2 Å². The Bertz CT molecular complexity index is 652. The predicted octanol–water partition coefficient (Wildman–Crippen LogP) is 2.96. The van der Waals surface area contributed by atoms with E-state index < -0.39 is 0 Å². The first kappa shape index (κ1) is 14.0. The topological polar surface area (TPSA) is 76.2 Å². The van der Waals surface area contributed by atoms with Crippen molar-refractivity contribution in [2.45, 2.75) is 39.2 Å². The van der Waals surface area contributed by atoms with E-state index in [1.165, 1.54) is 24.0 Å². The van der Waals surface area contributed by atoms with Crippen LogP contribution in [0.25, 0.3) is 0 Å². The third-order valence-corrected chi connectivity index (χ3v) is 4.36. The number of guanidine groups is 1. The summed E-state index contributed by atoms with van der Waals surface area (Å²) in [6, 6.07) is 6.22. The van der Waals surface area contributed by atoms with Crippen molar-refractivity contribution >= 4 is 23.0 Å². The number of hydrogen-bond acceptors (Lipinski definition) is 4. The van der Waals surface area contributed by atoms with Gasteiger partial charge in [0.15, 0.2) is 5.96 Å². The van der Waals surface area contributed by atoms with Gasteiger partial charge in [0, 0.05) is 11.6 Å². The summed E-state index contributed by atoms with van der Waals surface area (Å²) in [5.74, 6) is 1.05. The summed E-state index contributed by atoms with van der Waals surface area (Å²) in [4.78, 5) is 4.33. The number of nitrogens with two attached hydrogens (primary N) is 1. The van der Waals surface area contributed by atoms with Gasteiger partial charge < -0.3 is 11.1 Å². The maximum atomic E-state index is 5.93. The van der Waals surface area contributed by atoms with Crippen molar-refractivity contribution in [3.05, 3.63) is 39.3 Å². The highest BCUT2D eigenvalue weighted by molar-refractivity contribution is 7.11. The smallest absolute Gasteiger partial charge is 0.193 e. The van der Waals surface area contributed by atoms with Gasteiger partial charge in [-0.2, -0.15) is 0 Å². The summed E-state index contributed by atoms with van der Waals surface area (Å²) in [5, 5.41) is 13.5. The monoisotopic (exact) mass is 301 g/mol. The van der Waals surface area contributed by atoms with E-state index in [9.17, 15) is 0 Å². The van der Waals surface area contributed by atoms with E-state index in [1.54, 1.807) is 11.3 Å². The van der Waals surface area contributed by atoms with E-state index in [0.717, 1.165) is 15.7 Å². The Balaban J connectivity index is 1.62. The summed E-state index contributed by atoms with van der Waals surface area (Å²) in [6.07, 6.45) is 2.49. The first-order chi connectivity index (χ1) is 10.1. The molecule has 1 aliphatic carbocycles. The number of anilines is 1. The Hall–Kier alpha value is -1.95. The van der Waals surface area contributed by atoms with Crippen molar-refractivity contribution in [3.63, 3.8) is 0 Å². The van der Waals surface area contributed by atoms with E-state index in [0.29, 0.717) is 18.4 Å². The summed E-state index contributed by atoms with van der Waals surface area (Å²) in [7, 11) is 0. The highest BCUT2D eigenvalue weighted by atomic mass is 32.1. The molecule has 1 saturated carbocycles. The van der Waals surface area contributed by atoms with Gasteiger partial charge in [-0.15, -0.1) is 10.2 Å². The van der Waals surface area contributed by atoms with Gasteiger partial charge in [0.2, 0.25) is 0 Å². The third kappa shape index (κ3) is 3.78. The minimum absolute atomic E-state index is 0.406. The van der Waals surface area contributed by atoms with Crippen LogP contribution in [0.15, 0.2) is 23.2 Å². The van der Waals surface area contributed by atoms with Crippen LogP contribution in [0.5, 0.6) is 0 Å². The molecule has 0 atom stereocenters. The fraction of sp³-hybridized carbons (Fsp3) is 0.400. The maximum Gasteiger partial charge on any atom is 0.193 e. The number of rotatable bonds is 4. The number of aliphatic imine (C=N–C) groups is 1. The average molecular weight is 301 g/mol. The quantitative estimate of drug-likeness (QED) is 0.672. The number of benzene rings is 1. The van der Waals surface area contributed by atoms with Crippen LogP contribution >= 0.6 is 11.3 Å². The van der Waals surface area contributed by atoms with Gasteiger partial charge in [-0.25, -0.2) is 4.99 Å². The third-order valence-electron chi connectivity index (χ3n) is 3.29. The van der Waals surface area contributed by atoms with E-state index in [-0.39, 0.29) is 0 Å². The maximum absolute atomic E-state index is 5.93. The van der Waals surface area contributed by atoms with Crippen LogP contribution < -0.4 is 11.1 Å². The summed E-state index contributed by atoms with van der Waals surface area (Å²) >= 11 is 1.64. The van der Waals surface area contributed by atoms with Crippen LogP contribution in [0.2, 0.25) is 0 Å². The molecular weight excluding hydrogens is 282 g/mol. The first-order valence-corrected chi connectivity index (χ1v) is 7.89. The van der Waals surface area contributed by atoms with Crippen LogP contribution in [0, 0.1) is 13.8 Å². The molecule has 3 N–H and O–H groups in total. The zero-order valence-corrected chi connectivity index (χ0v) is 13.1. The number of nitrogens with one attached hydrogen (secondary N) is 1. The average Bonchev–Trinajstić information content (AvgIpc) is 3.14. The molecule has 3 rings (SSSR count). The standard InChI is InChI=1S/C15H19N5S/c1-9-5-10(2)7-12(6-9)18-15(16)17-8-13-19-20-14(21-13)11-3-4-11/h5-7,11H,3-4,8H2,1-2H3,(H3,16,17,18). The Kier molecular flexibility index (Phi) is 3.88. The molecule has 1 aromatic heterocycles. The highest BCUT2D eigenvalue weighted by Crippen LogP contribution is 2.41. The fourth-order valence-electron chi connectivity index (χ4n) is 2.21. The highest BCUT2D eigenvalue weighted by Gasteiger charge is 2.27. The van der Waals surface area contributed by atoms with Gasteiger partial charge in [0.1, 0.15) is 10.0 Å². The molecule has 2 aromatic rings. The minimum atomic E-state index is 0.406. The second kappa shape index (κ2) is 5.81. The van der Waals surface area contributed by atoms with Crippen LogP contribution in [0.1, 0.15) is 39.9 Å². The molecule has 1 aliphatic rings. The lowest BCUT2D eigenvalue weighted by molar-refractivity contribution is 0.917. The van der Waals surface area contributed by atoms with Crippen LogP contribution in [-0.2, 0) is 6.54 Å². The molecule has 1 fully saturated rings. The van der Waals surface area contributed by atoms with Crippen LogP contribution in [0.4, 0.5) is 5.69 Å². The molecule has 0 amide bonds. The van der Waals surface area contributed by atoms with Gasteiger partial charge >= 0.3 is 0 Å². The summed E-state index contributed by atoms with van der Waals surface area (Å²) in [6.45, 7) is 4.60. The van der Waals surface area contributed by atoms with E-state index >= 15 is 0 Å². The summed E-state index contributed by atoms with van der Waals surface area (Å²) in [5.41, 5.74) is 9.29. The van der Waals surface area contributed by atoms with Crippen molar-refractivity contribution < 1.29 is 0 Å². The van der Waals surface area contributed by atoms with Crippen LogP contribution in [-0.4, -0.2) is 16.2 Å². The second-order valence-corrected chi connectivity index (χ2v) is 6.60. The zero-order chi connectivity index (χ0) is 14.8. The van der Waals surface area contributed by atoms with Gasteiger partial charge in [0.05, 0.1) is 6.54 Å². The molecule has 6 heteroatoms. The van der Waals surface area contributed by atoms with Gasteiger partial charge in [-0.1, -0.05) is 17.4 Å². The molecule has 21 heavy (non-hydrogen) atoms. The molecule has 0 saturated heterocycles. The lowest BCUT2D eigenvalue weighted by Gasteiger charge is -2.07. The van der Waals surface area contributed by atoms with Gasteiger partial charge in [0.25, 0.3) is 0 Å². The molecule has 110 valence electrons. The molecule has 0 bridgehead atoms. The molecular formula is C15H19N5S. The Morgan fingerprint density at radius 1 is 1.29 bits per heavy atom. The number of aryl methyl sites for hydroxylation is 2. The Morgan fingerprint density at radius 2 is 2.00 bits per heavy atom. The molecule has 5 nitrogen and oxygen atoms in total. The number of nitrogens with zero attached hydrogens (tertiary/aromatic N) is 3. The number of hydrogen-bond donors (Lipinski definition) is 2. The molecule has 0 spiro atoms. The van der Waals surface area contributed by atoms with Crippen molar-refractivity contribution in [3.8, 4) is 0 Å². The Labute approximate surface area is 128 Å². The largest absolute Gasteiger partial charge is 0.370 e. The van der Waals surface area contributed by atoms with Gasteiger partial charge in [-0.05, 0) is 49.9 Å². The van der Waals surface area contributed by atoms with Crippen molar-refractivity contribution in [2.24, 2.45) is 10.7 Å². The lowest BCUT2D eigenvalue weighted by Crippen LogP contribution is -2.22. The van der Waals surface area contributed by atoms with Crippen LogP contribution in [0.3, 0.4) is 0 Å². The molecule has 1 heterocycles. The van der Waals surface area contributed by atoms with Crippen molar-refractivity contribution in [2.75, 3.05) is 5.32 Å². The fourth-order valence-corrected chi connectivity index (χ4v) is 3.15. The second-order valence-electron chi connectivity index (χ2n) is 5.51. The normalized spacial score (nSPS) is 15.2. The van der Waals surface area contributed by atoms with Gasteiger partial charge in [-0.3, -0.25) is 0 Å². The van der Waals surface area contributed by atoms with E-state index in [1.807, 2.05) is 12.1 Å². The molecule has 0 aliphatic heterocycles. The Morgan fingerprint density at radius 3 is 2.67 bits per heavy atom. The van der Waals surface area contributed by atoms with Crippen molar-refractivity contribution in [1.29, 1.82) is 0 Å². The van der Waals surface area contributed by atoms with E-state index in [2.05, 4.69) is 40.4 Å².